The molecule has 4 aromatic rings. The molecular weight excluding hydrogens is 416 g/mol. The Morgan fingerprint density at radius 3 is 2.97 bits per heavy atom. The van der Waals surface area contributed by atoms with E-state index in [2.05, 4.69) is 65.4 Å². The molecule has 0 saturated carbocycles. The first-order chi connectivity index (χ1) is 16.0. The first-order valence-electron chi connectivity index (χ1n) is 11.5. The molecule has 0 radical (unpaired) electrons. The van der Waals surface area contributed by atoms with Gasteiger partial charge in [-0.1, -0.05) is 19.9 Å². The van der Waals surface area contributed by atoms with E-state index in [9.17, 15) is 4.79 Å². The number of nitrogens with zero attached hydrogens (tertiary/aromatic N) is 4. The molecule has 1 amide bonds. The minimum atomic E-state index is -0.129. The SMILES string of the molecule is CNCC(=O)N1CCOC(c2ccc3[nH]c(-c4cc(C)c5ncnn5c4)c(C(C)C)c3c2)C1. The molecular formula is C25H30N6O2. The van der Waals surface area contributed by atoms with Gasteiger partial charge < -0.3 is 19.9 Å². The van der Waals surface area contributed by atoms with Crippen LogP contribution in [0.4, 0.5) is 0 Å². The van der Waals surface area contributed by atoms with Gasteiger partial charge in [-0.2, -0.15) is 5.10 Å². The van der Waals surface area contributed by atoms with Gasteiger partial charge in [0.25, 0.3) is 0 Å². The summed E-state index contributed by atoms with van der Waals surface area (Å²) in [5, 5.41) is 8.48. The third kappa shape index (κ3) is 3.89. The fourth-order valence-electron chi connectivity index (χ4n) is 4.83. The van der Waals surface area contributed by atoms with Crippen LogP contribution < -0.4 is 5.32 Å². The van der Waals surface area contributed by atoms with Crippen molar-refractivity contribution in [2.24, 2.45) is 0 Å². The molecule has 8 heteroatoms. The van der Waals surface area contributed by atoms with Gasteiger partial charge >= 0.3 is 0 Å². The Kier molecular flexibility index (Phi) is 5.64. The van der Waals surface area contributed by atoms with Gasteiger partial charge in [-0.3, -0.25) is 4.79 Å². The zero-order valence-electron chi connectivity index (χ0n) is 19.6. The third-order valence-electron chi connectivity index (χ3n) is 6.41. The molecule has 1 aromatic carbocycles. The maximum absolute atomic E-state index is 12.4. The van der Waals surface area contributed by atoms with Crippen molar-refractivity contribution in [3.05, 3.63) is 53.5 Å². The van der Waals surface area contributed by atoms with E-state index in [1.807, 2.05) is 15.6 Å². The van der Waals surface area contributed by atoms with Gasteiger partial charge in [0.05, 0.1) is 25.4 Å². The summed E-state index contributed by atoms with van der Waals surface area (Å²) >= 11 is 0. The highest BCUT2D eigenvalue weighted by molar-refractivity contribution is 5.92. The van der Waals surface area contributed by atoms with Crippen LogP contribution in [0.1, 0.15) is 42.6 Å². The number of aryl methyl sites for hydroxylation is 1. The molecule has 5 rings (SSSR count). The van der Waals surface area contributed by atoms with E-state index in [0.29, 0.717) is 32.2 Å². The molecule has 33 heavy (non-hydrogen) atoms. The van der Waals surface area contributed by atoms with Crippen molar-refractivity contribution in [2.45, 2.75) is 32.8 Å². The number of ether oxygens (including phenoxy) is 1. The van der Waals surface area contributed by atoms with Gasteiger partial charge in [0.1, 0.15) is 12.4 Å². The van der Waals surface area contributed by atoms with Crippen molar-refractivity contribution in [1.29, 1.82) is 0 Å². The number of likely N-dealkylation sites (N-methyl/N-ethyl adjacent to an activating group) is 1. The number of aromatic amines is 1. The molecule has 1 saturated heterocycles. The molecule has 1 atom stereocenters. The number of hydrogen-bond acceptors (Lipinski definition) is 5. The summed E-state index contributed by atoms with van der Waals surface area (Å²) in [6, 6.07) is 8.62. The summed E-state index contributed by atoms with van der Waals surface area (Å²) in [6.45, 7) is 8.59. The molecule has 172 valence electrons. The Morgan fingerprint density at radius 1 is 1.33 bits per heavy atom. The number of benzene rings is 1. The maximum atomic E-state index is 12.4. The number of amides is 1. The fraction of sp³-hybridized carbons (Fsp3) is 0.400. The van der Waals surface area contributed by atoms with E-state index in [-0.39, 0.29) is 12.0 Å². The lowest BCUT2D eigenvalue weighted by molar-refractivity contribution is -0.137. The number of pyridine rings is 1. The van der Waals surface area contributed by atoms with Gasteiger partial charge in [0.15, 0.2) is 5.65 Å². The fourth-order valence-corrected chi connectivity index (χ4v) is 4.83. The molecule has 1 aliphatic heterocycles. The minimum absolute atomic E-state index is 0.109. The Hall–Kier alpha value is -3.23. The molecule has 4 heterocycles. The first kappa shape index (κ1) is 21.6. The number of aromatic nitrogens is 4. The molecule has 3 aromatic heterocycles. The lowest BCUT2D eigenvalue weighted by atomic mass is 9.94. The van der Waals surface area contributed by atoms with Crippen LogP contribution >= 0.6 is 0 Å². The lowest BCUT2D eigenvalue weighted by Gasteiger charge is -2.33. The summed E-state index contributed by atoms with van der Waals surface area (Å²) in [5.41, 5.74) is 7.60. The number of nitrogens with one attached hydrogen (secondary N) is 2. The van der Waals surface area contributed by atoms with Crippen LogP contribution in [0.2, 0.25) is 0 Å². The maximum Gasteiger partial charge on any atom is 0.236 e. The van der Waals surface area contributed by atoms with Crippen LogP contribution in [0, 0.1) is 6.92 Å². The van der Waals surface area contributed by atoms with E-state index in [4.69, 9.17) is 4.74 Å². The molecule has 1 fully saturated rings. The average molecular weight is 447 g/mol. The third-order valence-corrected chi connectivity index (χ3v) is 6.41. The van der Waals surface area contributed by atoms with Crippen molar-refractivity contribution >= 4 is 22.5 Å². The second kappa shape index (κ2) is 8.61. The molecule has 2 N–H and O–H groups in total. The van der Waals surface area contributed by atoms with E-state index in [1.54, 1.807) is 13.4 Å². The molecule has 0 aliphatic carbocycles. The van der Waals surface area contributed by atoms with Crippen molar-refractivity contribution in [1.82, 2.24) is 29.8 Å². The van der Waals surface area contributed by atoms with Gasteiger partial charge in [-0.05, 0) is 54.8 Å². The monoisotopic (exact) mass is 446 g/mol. The lowest BCUT2D eigenvalue weighted by Crippen LogP contribution is -2.45. The number of carbonyl (C=O) groups is 1. The van der Waals surface area contributed by atoms with E-state index in [1.165, 1.54) is 10.9 Å². The molecule has 1 aliphatic rings. The number of hydrogen-bond donors (Lipinski definition) is 2. The van der Waals surface area contributed by atoms with Crippen LogP contribution in [0.5, 0.6) is 0 Å². The number of H-pyrrole nitrogens is 1. The van der Waals surface area contributed by atoms with E-state index < -0.39 is 0 Å². The summed E-state index contributed by atoms with van der Waals surface area (Å²) in [7, 11) is 1.79. The molecule has 8 nitrogen and oxygen atoms in total. The van der Waals surface area contributed by atoms with Crippen molar-refractivity contribution in [3.63, 3.8) is 0 Å². The number of rotatable bonds is 5. The van der Waals surface area contributed by atoms with E-state index in [0.717, 1.165) is 33.5 Å². The zero-order valence-corrected chi connectivity index (χ0v) is 19.6. The van der Waals surface area contributed by atoms with E-state index >= 15 is 0 Å². The van der Waals surface area contributed by atoms with Crippen molar-refractivity contribution in [3.8, 4) is 11.3 Å². The Morgan fingerprint density at radius 2 is 2.18 bits per heavy atom. The average Bonchev–Trinajstić information content (AvgIpc) is 3.43. The highest BCUT2D eigenvalue weighted by Gasteiger charge is 2.26. The van der Waals surface area contributed by atoms with Gasteiger partial charge in [-0.15, -0.1) is 0 Å². The van der Waals surface area contributed by atoms with Crippen molar-refractivity contribution < 1.29 is 9.53 Å². The largest absolute Gasteiger partial charge is 0.370 e. The molecule has 0 spiro atoms. The highest BCUT2D eigenvalue weighted by atomic mass is 16.5. The summed E-state index contributed by atoms with van der Waals surface area (Å²) in [6.07, 6.45) is 3.49. The predicted octanol–water partition coefficient (Wildman–Crippen LogP) is 3.43. The quantitative estimate of drug-likeness (QED) is 0.490. The number of fused-ring (bicyclic) bond motifs is 2. The van der Waals surface area contributed by atoms with Crippen molar-refractivity contribution in [2.75, 3.05) is 33.3 Å². The Balaban J connectivity index is 1.55. The van der Waals surface area contributed by atoms with Gasteiger partial charge in [-0.25, -0.2) is 9.50 Å². The summed E-state index contributed by atoms with van der Waals surface area (Å²) in [5.74, 6) is 0.425. The van der Waals surface area contributed by atoms with Crippen LogP contribution in [-0.4, -0.2) is 63.7 Å². The van der Waals surface area contributed by atoms with Crippen LogP contribution in [0.3, 0.4) is 0 Å². The smallest absolute Gasteiger partial charge is 0.236 e. The summed E-state index contributed by atoms with van der Waals surface area (Å²) < 4.78 is 7.91. The van der Waals surface area contributed by atoms with Gasteiger partial charge in [0, 0.05) is 29.2 Å². The second-order valence-electron chi connectivity index (χ2n) is 9.04. The second-order valence-corrected chi connectivity index (χ2v) is 9.04. The number of morpholine rings is 1. The first-order valence-corrected chi connectivity index (χ1v) is 11.5. The number of carbonyl (C=O) groups excluding carboxylic acids is 1. The topological polar surface area (TPSA) is 87.5 Å². The van der Waals surface area contributed by atoms with Crippen LogP contribution in [0.25, 0.3) is 27.8 Å². The Labute approximate surface area is 192 Å². The molecule has 0 bridgehead atoms. The normalized spacial score (nSPS) is 16.9. The summed E-state index contributed by atoms with van der Waals surface area (Å²) in [4.78, 5) is 22.3. The minimum Gasteiger partial charge on any atom is -0.370 e. The van der Waals surface area contributed by atoms with Crippen LogP contribution in [0.15, 0.2) is 36.8 Å². The van der Waals surface area contributed by atoms with Crippen LogP contribution in [-0.2, 0) is 9.53 Å². The standard InChI is InChI=1S/C25H30N6O2/c1-15(2)23-19-10-17(21-13-30(7-8-33-21)22(32)11-26-4)5-6-20(19)29-24(23)18-9-16(3)25-27-14-28-31(25)12-18/h5-6,9-10,12,14-15,21,26,29H,7-8,11,13H2,1-4H3. The highest BCUT2D eigenvalue weighted by Crippen LogP contribution is 2.37. The Bertz CT molecular complexity index is 1320. The molecule has 1 unspecified atom stereocenters. The zero-order chi connectivity index (χ0) is 23.1. The predicted molar refractivity (Wildman–Crippen MR) is 128 cm³/mol. The van der Waals surface area contributed by atoms with Gasteiger partial charge in [0.2, 0.25) is 5.91 Å².